The monoisotopic (exact) mass is 168 g/mol. The van der Waals surface area contributed by atoms with Crippen LogP contribution in [0.2, 0.25) is 0 Å². The van der Waals surface area contributed by atoms with E-state index >= 15 is 0 Å². The Morgan fingerprint density at radius 3 is 2.42 bits per heavy atom. The van der Waals surface area contributed by atoms with Crippen LogP contribution in [-0.4, -0.2) is 13.2 Å². The Morgan fingerprint density at radius 1 is 0.917 bits per heavy atom. The first-order valence-electron chi connectivity index (χ1n) is 5.43. The van der Waals surface area contributed by atoms with Crippen molar-refractivity contribution >= 4 is 0 Å². The molecule has 70 valence electrons. The molecule has 2 fully saturated rings. The van der Waals surface area contributed by atoms with E-state index in [0.29, 0.717) is 6.10 Å². The van der Waals surface area contributed by atoms with E-state index in [0.717, 1.165) is 11.8 Å². The van der Waals surface area contributed by atoms with Gasteiger partial charge in [0, 0.05) is 7.11 Å². The lowest BCUT2D eigenvalue weighted by Crippen LogP contribution is -2.31. The Labute approximate surface area is 75.5 Å². The molecule has 3 unspecified atom stereocenters. The maximum atomic E-state index is 5.44. The van der Waals surface area contributed by atoms with Gasteiger partial charge in [0.2, 0.25) is 0 Å². The van der Waals surface area contributed by atoms with E-state index in [-0.39, 0.29) is 0 Å². The number of ether oxygens (including phenoxy) is 1. The Bertz CT molecular complexity index is 144. The van der Waals surface area contributed by atoms with Gasteiger partial charge in [-0.15, -0.1) is 0 Å². The molecule has 0 spiro atoms. The lowest BCUT2D eigenvalue weighted by atomic mass is 9.70. The van der Waals surface area contributed by atoms with Crippen LogP contribution in [0.3, 0.4) is 0 Å². The van der Waals surface area contributed by atoms with Crippen LogP contribution in [0.4, 0.5) is 0 Å². The zero-order valence-electron chi connectivity index (χ0n) is 8.09. The van der Waals surface area contributed by atoms with Crippen LogP contribution in [0.5, 0.6) is 0 Å². The second kappa shape index (κ2) is 3.78. The molecule has 0 aliphatic heterocycles. The number of hydrogen-bond acceptors (Lipinski definition) is 1. The molecule has 0 heterocycles. The summed E-state index contributed by atoms with van der Waals surface area (Å²) < 4.78 is 5.44. The van der Waals surface area contributed by atoms with Crippen molar-refractivity contribution in [3.8, 4) is 0 Å². The van der Waals surface area contributed by atoms with E-state index in [1.54, 1.807) is 0 Å². The SMILES string of the molecule is COC1CCC2CCCCC2C1. The van der Waals surface area contributed by atoms with Gasteiger partial charge in [-0.3, -0.25) is 0 Å². The Balaban J connectivity index is 1.90. The van der Waals surface area contributed by atoms with Gasteiger partial charge in [0.05, 0.1) is 6.10 Å². The maximum Gasteiger partial charge on any atom is 0.0574 e. The summed E-state index contributed by atoms with van der Waals surface area (Å²) in [5, 5.41) is 0. The minimum absolute atomic E-state index is 0.587. The molecule has 1 heteroatoms. The van der Waals surface area contributed by atoms with Gasteiger partial charge >= 0.3 is 0 Å². The minimum atomic E-state index is 0.587. The third kappa shape index (κ3) is 1.66. The molecular weight excluding hydrogens is 148 g/mol. The number of fused-ring (bicyclic) bond motifs is 1. The molecule has 0 radical (unpaired) electrons. The summed E-state index contributed by atoms with van der Waals surface area (Å²) in [5.74, 6) is 2.07. The third-order valence-electron chi connectivity index (χ3n) is 3.82. The second-order valence-corrected chi connectivity index (χ2v) is 4.48. The van der Waals surface area contributed by atoms with Crippen molar-refractivity contribution in [3.05, 3.63) is 0 Å². The van der Waals surface area contributed by atoms with Gasteiger partial charge in [-0.05, 0) is 31.1 Å². The van der Waals surface area contributed by atoms with Gasteiger partial charge < -0.3 is 4.74 Å². The molecule has 2 saturated carbocycles. The molecule has 0 saturated heterocycles. The van der Waals surface area contributed by atoms with E-state index in [1.165, 1.54) is 44.9 Å². The van der Waals surface area contributed by atoms with Gasteiger partial charge in [-0.1, -0.05) is 25.7 Å². The van der Waals surface area contributed by atoms with Crippen molar-refractivity contribution in [2.75, 3.05) is 7.11 Å². The van der Waals surface area contributed by atoms with Crippen LogP contribution < -0.4 is 0 Å². The first kappa shape index (κ1) is 8.55. The first-order valence-corrected chi connectivity index (χ1v) is 5.43. The Morgan fingerprint density at radius 2 is 1.67 bits per heavy atom. The molecule has 2 rings (SSSR count). The van der Waals surface area contributed by atoms with Crippen molar-refractivity contribution in [1.29, 1.82) is 0 Å². The molecule has 12 heavy (non-hydrogen) atoms. The van der Waals surface area contributed by atoms with Crippen molar-refractivity contribution in [2.45, 2.75) is 51.0 Å². The minimum Gasteiger partial charge on any atom is -0.381 e. The summed E-state index contributed by atoms with van der Waals surface area (Å²) in [7, 11) is 1.87. The fraction of sp³-hybridized carbons (Fsp3) is 1.00. The molecule has 2 aliphatic rings. The zero-order valence-corrected chi connectivity index (χ0v) is 8.09. The molecule has 0 N–H and O–H groups in total. The van der Waals surface area contributed by atoms with Crippen LogP contribution in [0.25, 0.3) is 0 Å². The quantitative estimate of drug-likeness (QED) is 0.585. The Hall–Kier alpha value is -0.0400. The number of rotatable bonds is 1. The Kier molecular flexibility index (Phi) is 2.69. The van der Waals surface area contributed by atoms with E-state index in [1.807, 2.05) is 7.11 Å². The summed E-state index contributed by atoms with van der Waals surface area (Å²) in [4.78, 5) is 0. The van der Waals surface area contributed by atoms with Crippen LogP contribution in [0, 0.1) is 11.8 Å². The average molecular weight is 168 g/mol. The van der Waals surface area contributed by atoms with E-state index in [4.69, 9.17) is 4.74 Å². The van der Waals surface area contributed by atoms with Crippen LogP contribution >= 0.6 is 0 Å². The largest absolute Gasteiger partial charge is 0.381 e. The summed E-state index contributed by atoms with van der Waals surface area (Å²) in [6.45, 7) is 0. The first-order chi connectivity index (χ1) is 5.90. The lowest BCUT2D eigenvalue weighted by Gasteiger charge is -2.38. The fourth-order valence-electron chi connectivity index (χ4n) is 3.04. The normalized spacial score (nSPS) is 42.2. The highest BCUT2D eigenvalue weighted by Gasteiger charge is 2.31. The van der Waals surface area contributed by atoms with E-state index in [2.05, 4.69) is 0 Å². The van der Waals surface area contributed by atoms with E-state index in [9.17, 15) is 0 Å². The molecule has 3 atom stereocenters. The molecule has 0 bridgehead atoms. The van der Waals surface area contributed by atoms with Gasteiger partial charge in [-0.25, -0.2) is 0 Å². The average Bonchev–Trinajstić information content (AvgIpc) is 2.17. The smallest absolute Gasteiger partial charge is 0.0574 e. The van der Waals surface area contributed by atoms with Crippen LogP contribution in [-0.2, 0) is 4.74 Å². The van der Waals surface area contributed by atoms with Crippen molar-refractivity contribution in [2.24, 2.45) is 11.8 Å². The molecule has 0 aromatic carbocycles. The molecule has 2 aliphatic carbocycles. The highest BCUT2D eigenvalue weighted by molar-refractivity contribution is 4.83. The lowest BCUT2D eigenvalue weighted by molar-refractivity contribution is 0.0155. The second-order valence-electron chi connectivity index (χ2n) is 4.48. The summed E-state index contributed by atoms with van der Waals surface area (Å²) in [5.41, 5.74) is 0. The van der Waals surface area contributed by atoms with Crippen molar-refractivity contribution in [1.82, 2.24) is 0 Å². The molecular formula is C11H20O. The van der Waals surface area contributed by atoms with E-state index < -0.39 is 0 Å². The third-order valence-corrected chi connectivity index (χ3v) is 3.82. The van der Waals surface area contributed by atoms with Gasteiger partial charge in [0.1, 0.15) is 0 Å². The fourth-order valence-corrected chi connectivity index (χ4v) is 3.04. The summed E-state index contributed by atoms with van der Waals surface area (Å²) in [6, 6.07) is 0. The molecule has 1 nitrogen and oxygen atoms in total. The number of hydrogen-bond donors (Lipinski definition) is 0. The number of methoxy groups -OCH3 is 1. The standard InChI is InChI=1S/C11H20O/c1-12-11-7-6-9-4-2-3-5-10(9)8-11/h9-11H,2-8H2,1H3. The molecule has 0 aromatic rings. The van der Waals surface area contributed by atoms with Gasteiger partial charge in [0.15, 0.2) is 0 Å². The molecule has 0 aromatic heterocycles. The van der Waals surface area contributed by atoms with Crippen molar-refractivity contribution < 1.29 is 4.74 Å². The summed E-state index contributed by atoms with van der Waals surface area (Å²) >= 11 is 0. The maximum absolute atomic E-state index is 5.44. The molecule has 0 amide bonds. The van der Waals surface area contributed by atoms with Crippen molar-refractivity contribution in [3.63, 3.8) is 0 Å². The predicted molar refractivity (Wildman–Crippen MR) is 50.1 cm³/mol. The van der Waals surface area contributed by atoms with Crippen LogP contribution in [0.15, 0.2) is 0 Å². The topological polar surface area (TPSA) is 9.23 Å². The van der Waals surface area contributed by atoms with Gasteiger partial charge in [0.25, 0.3) is 0 Å². The predicted octanol–water partition coefficient (Wildman–Crippen LogP) is 2.99. The summed E-state index contributed by atoms with van der Waals surface area (Å²) in [6.07, 6.45) is 10.6. The van der Waals surface area contributed by atoms with Crippen LogP contribution in [0.1, 0.15) is 44.9 Å². The van der Waals surface area contributed by atoms with Gasteiger partial charge in [-0.2, -0.15) is 0 Å². The highest BCUT2D eigenvalue weighted by Crippen LogP contribution is 2.40. The highest BCUT2D eigenvalue weighted by atomic mass is 16.5. The zero-order chi connectivity index (χ0) is 8.39.